The first-order valence-electron chi connectivity index (χ1n) is 3.91. The minimum Gasteiger partial charge on any atom is -0.300 e. The minimum atomic E-state index is 0.434. The Labute approximate surface area is 70.1 Å². The number of carbonyl (C=O) groups is 1. The average molecular weight is 166 g/mol. The molecule has 1 aliphatic carbocycles. The molecule has 1 heterocycles. The summed E-state index contributed by atoms with van der Waals surface area (Å²) in [6.07, 6.45) is 2.64. The molecule has 1 aromatic rings. The quantitative estimate of drug-likeness (QED) is 0.626. The zero-order valence-electron chi connectivity index (χ0n) is 6.25. The van der Waals surface area contributed by atoms with E-state index >= 15 is 0 Å². The van der Waals surface area contributed by atoms with E-state index in [9.17, 15) is 4.79 Å². The van der Waals surface area contributed by atoms with Gasteiger partial charge in [-0.1, -0.05) is 6.07 Å². The first-order chi connectivity index (χ1) is 5.36. The van der Waals surface area contributed by atoms with Gasteiger partial charge in [0.05, 0.1) is 0 Å². The van der Waals surface area contributed by atoms with Crippen molar-refractivity contribution < 1.29 is 4.79 Å². The lowest BCUT2D eigenvalue weighted by Crippen LogP contribution is -1.90. The third-order valence-corrected chi connectivity index (χ3v) is 3.23. The van der Waals surface area contributed by atoms with Crippen LogP contribution in [0.2, 0.25) is 0 Å². The minimum absolute atomic E-state index is 0.434. The van der Waals surface area contributed by atoms with Crippen LogP contribution in [-0.4, -0.2) is 5.78 Å². The first kappa shape index (κ1) is 7.04. The monoisotopic (exact) mass is 166 g/mol. The van der Waals surface area contributed by atoms with Gasteiger partial charge < -0.3 is 0 Å². The van der Waals surface area contributed by atoms with Crippen molar-refractivity contribution in [3.8, 4) is 0 Å². The van der Waals surface area contributed by atoms with Crippen molar-refractivity contribution in [2.75, 3.05) is 0 Å². The van der Waals surface area contributed by atoms with Gasteiger partial charge in [0.2, 0.25) is 0 Å². The Morgan fingerprint density at radius 2 is 2.45 bits per heavy atom. The fourth-order valence-electron chi connectivity index (χ4n) is 1.58. The van der Waals surface area contributed by atoms with E-state index in [1.165, 1.54) is 4.88 Å². The Kier molecular flexibility index (Phi) is 1.78. The summed E-state index contributed by atoms with van der Waals surface area (Å²) in [7, 11) is 0. The molecule has 1 aliphatic rings. The smallest absolute Gasteiger partial charge is 0.133 e. The largest absolute Gasteiger partial charge is 0.300 e. The van der Waals surface area contributed by atoms with E-state index in [4.69, 9.17) is 0 Å². The van der Waals surface area contributed by atoms with Crippen molar-refractivity contribution >= 4 is 17.1 Å². The van der Waals surface area contributed by atoms with Crippen LogP contribution >= 0.6 is 11.3 Å². The third-order valence-electron chi connectivity index (χ3n) is 2.19. The normalized spacial score (nSPS) is 24.4. The lowest BCUT2D eigenvalue weighted by atomic mass is 10.1. The van der Waals surface area contributed by atoms with Crippen molar-refractivity contribution in [1.82, 2.24) is 0 Å². The Balaban J connectivity index is 2.13. The topological polar surface area (TPSA) is 17.1 Å². The van der Waals surface area contributed by atoms with Gasteiger partial charge in [0.25, 0.3) is 0 Å². The number of hydrogen-bond donors (Lipinski definition) is 0. The molecule has 0 amide bonds. The fourth-order valence-corrected chi connectivity index (χ4v) is 2.45. The molecule has 2 rings (SSSR count). The molecule has 0 radical (unpaired) electrons. The molecule has 1 saturated carbocycles. The van der Waals surface area contributed by atoms with Gasteiger partial charge in [-0.25, -0.2) is 0 Å². The molecular formula is C9H10OS. The van der Waals surface area contributed by atoms with Crippen molar-refractivity contribution in [2.24, 2.45) is 0 Å². The van der Waals surface area contributed by atoms with E-state index in [0.29, 0.717) is 11.7 Å². The second-order valence-electron chi connectivity index (χ2n) is 2.99. The van der Waals surface area contributed by atoms with Crippen LogP contribution in [0.25, 0.3) is 0 Å². The van der Waals surface area contributed by atoms with Crippen LogP contribution in [-0.2, 0) is 4.79 Å². The fraction of sp³-hybridized carbons (Fsp3) is 0.444. The third kappa shape index (κ3) is 1.36. The Morgan fingerprint density at radius 3 is 3.00 bits per heavy atom. The number of hydrogen-bond acceptors (Lipinski definition) is 2. The Morgan fingerprint density at radius 1 is 1.55 bits per heavy atom. The summed E-state index contributed by atoms with van der Waals surface area (Å²) in [5.41, 5.74) is 0. The van der Waals surface area contributed by atoms with Crippen molar-refractivity contribution in [1.29, 1.82) is 0 Å². The Hall–Kier alpha value is -0.630. The molecule has 0 bridgehead atoms. The Bertz CT molecular complexity index is 251. The van der Waals surface area contributed by atoms with Crippen LogP contribution in [0, 0.1) is 0 Å². The van der Waals surface area contributed by atoms with Crippen LogP contribution in [0.5, 0.6) is 0 Å². The summed E-state index contributed by atoms with van der Waals surface area (Å²) in [6, 6.07) is 4.19. The van der Waals surface area contributed by atoms with E-state index < -0.39 is 0 Å². The molecule has 58 valence electrons. The molecule has 2 heteroatoms. The standard InChI is InChI=1S/C9H10OS/c10-8-4-3-7(6-8)9-2-1-5-11-9/h1-2,5,7H,3-4,6H2/t7-/m1/s1. The summed E-state index contributed by atoms with van der Waals surface area (Å²) in [5, 5.41) is 2.08. The second-order valence-corrected chi connectivity index (χ2v) is 3.97. The molecule has 1 atom stereocenters. The molecule has 0 spiro atoms. The van der Waals surface area contributed by atoms with Gasteiger partial charge in [0.15, 0.2) is 0 Å². The van der Waals surface area contributed by atoms with Crippen LogP contribution in [0.4, 0.5) is 0 Å². The average Bonchev–Trinajstić information content (AvgIpc) is 2.55. The van der Waals surface area contributed by atoms with Crippen molar-refractivity contribution in [3.63, 3.8) is 0 Å². The summed E-state index contributed by atoms with van der Waals surface area (Å²) in [4.78, 5) is 12.3. The highest BCUT2D eigenvalue weighted by Crippen LogP contribution is 2.34. The lowest BCUT2D eigenvalue weighted by Gasteiger charge is -2.01. The van der Waals surface area contributed by atoms with Crippen molar-refractivity contribution in [3.05, 3.63) is 22.4 Å². The van der Waals surface area contributed by atoms with Gasteiger partial charge in [0.1, 0.15) is 5.78 Å². The predicted octanol–water partition coefficient (Wildman–Crippen LogP) is 2.58. The van der Waals surface area contributed by atoms with Gasteiger partial charge in [-0.3, -0.25) is 4.79 Å². The maximum absolute atomic E-state index is 11.0. The maximum atomic E-state index is 11.0. The summed E-state index contributed by atoms with van der Waals surface area (Å²) in [5.74, 6) is 0.978. The van der Waals surface area contributed by atoms with E-state index in [-0.39, 0.29) is 0 Å². The molecule has 1 aromatic heterocycles. The van der Waals surface area contributed by atoms with Crippen LogP contribution in [0.1, 0.15) is 30.1 Å². The zero-order chi connectivity index (χ0) is 7.68. The van der Waals surface area contributed by atoms with Crippen LogP contribution < -0.4 is 0 Å². The molecular weight excluding hydrogens is 156 g/mol. The lowest BCUT2D eigenvalue weighted by molar-refractivity contribution is -0.117. The van der Waals surface area contributed by atoms with E-state index in [1.54, 1.807) is 11.3 Å². The summed E-state index contributed by atoms with van der Waals surface area (Å²) >= 11 is 1.77. The highest BCUT2D eigenvalue weighted by atomic mass is 32.1. The molecule has 0 unspecified atom stereocenters. The van der Waals surface area contributed by atoms with Gasteiger partial charge in [0, 0.05) is 23.6 Å². The number of rotatable bonds is 1. The summed E-state index contributed by atoms with van der Waals surface area (Å²) < 4.78 is 0. The van der Waals surface area contributed by atoms with Gasteiger partial charge in [-0.15, -0.1) is 11.3 Å². The van der Waals surface area contributed by atoms with E-state index in [2.05, 4.69) is 17.5 Å². The highest BCUT2D eigenvalue weighted by molar-refractivity contribution is 7.10. The van der Waals surface area contributed by atoms with Crippen LogP contribution in [0.3, 0.4) is 0 Å². The molecule has 1 fully saturated rings. The molecule has 0 aliphatic heterocycles. The SMILES string of the molecule is O=C1CC[C@@H](c2cccs2)C1. The molecule has 11 heavy (non-hydrogen) atoms. The van der Waals surface area contributed by atoms with Crippen molar-refractivity contribution in [2.45, 2.75) is 25.2 Å². The van der Waals surface area contributed by atoms with Gasteiger partial charge in [-0.05, 0) is 17.9 Å². The van der Waals surface area contributed by atoms with E-state index in [1.807, 2.05) is 0 Å². The molecule has 0 N–H and O–H groups in total. The number of thiophene rings is 1. The van der Waals surface area contributed by atoms with Gasteiger partial charge in [-0.2, -0.15) is 0 Å². The summed E-state index contributed by atoms with van der Waals surface area (Å²) in [6.45, 7) is 0. The predicted molar refractivity (Wildman–Crippen MR) is 45.9 cm³/mol. The molecule has 0 aromatic carbocycles. The molecule has 0 saturated heterocycles. The first-order valence-corrected chi connectivity index (χ1v) is 4.79. The molecule has 1 nitrogen and oxygen atoms in total. The van der Waals surface area contributed by atoms with Gasteiger partial charge >= 0.3 is 0 Å². The number of carbonyl (C=O) groups excluding carboxylic acids is 1. The zero-order valence-corrected chi connectivity index (χ0v) is 7.06. The van der Waals surface area contributed by atoms with E-state index in [0.717, 1.165) is 19.3 Å². The number of Topliss-reactive ketones (excluding diaryl/α,β-unsaturated/α-hetero) is 1. The number of ketones is 1. The second kappa shape index (κ2) is 2.78. The highest BCUT2D eigenvalue weighted by Gasteiger charge is 2.23. The van der Waals surface area contributed by atoms with Crippen LogP contribution in [0.15, 0.2) is 17.5 Å². The maximum Gasteiger partial charge on any atom is 0.133 e.